The fraction of sp³-hybridized carbons (Fsp3) is 0.294. The Morgan fingerprint density at radius 1 is 0.905 bits per heavy atom. The summed E-state index contributed by atoms with van der Waals surface area (Å²) in [6.45, 7) is 1.30. The molecule has 4 nitrogen and oxygen atoms in total. The Morgan fingerprint density at radius 2 is 1.67 bits per heavy atom. The van der Waals surface area contributed by atoms with Gasteiger partial charge in [0, 0.05) is 17.4 Å². The van der Waals surface area contributed by atoms with Gasteiger partial charge in [-0.05, 0) is 35.9 Å². The molecule has 2 aliphatic heterocycles. The van der Waals surface area contributed by atoms with E-state index in [-0.39, 0.29) is 29.4 Å². The van der Waals surface area contributed by atoms with Crippen molar-refractivity contribution in [3.63, 3.8) is 0 Å². The zero-order chi connectivity index (χ0) is 14.4. The summed E-state index contributed by atoms with van der Waals surface area (Å²) in [5, 5.41) is 19.1. The third-order valence-electron chi connectivity index (χ3n) is 4.38. The fourth-order valence-electron chi connectivity index (χ4n) is 3.33. The monoisotopic (exact) mass is 284 g/mol. The molecule has 0 bridgehead atoms. The SMILES string of the molecule is Oc1ccc([C@H]2Oc3ccc(O)cc3[C@H]3COC[C@H]32)cc1. The lowest BCUT2D eigenvalue weighted by molar-refractivity contribution is 0.0958. The van der Waals surface area contributed by atoms with Gasteiger partial charge < -0.3 is 19.7 Å². The highest BCUT2D eigenvalue weighted by Gasteiger charge is 2.43. The van der Waals surface area contributed by atoms with Crippen LogP contribution in [0.5, 0.6) is 17.2 Å². The molecule has 108 valence electrons. The molecule has 3 atom stereocenters. The first kappa shape index (κ1) is 12.5. The maximum absolute atomic E-state index is 9.70. The van der Waals surface area contributed by atoms with Crippen LogP contribution < -0.4 is 4.74 Å². The Kier molecular flexibility index (Phi) is 2.79. The number of phenols is 2. The number of phenolic OH excluding ortho intramolecular Hbond substituents is 2. The first-order valence-electron chi connectivity index (χ1n) is 7.08. The van der Waals surface area contributed by atoms with E-state index in [9.17, 15) is 10.2 Å². The van der Waals surface area contributed by atoms with Gasteiger partial charge in [-0.1, -0.05) is 12.1 Å². The normalized spacial score (nSPS) is 26.8. The summed E-state index contributed by atoms with van der Waals surface area (Å²) >= 11 is 0. The van der Waals surface area contributed by atoms with E-state index in [2.05, 4.69) is 0 Å². The number of ether oxygens (including phenoxy) is 2. The summed E-state index contributed by atoms with van der Waals surface area (Å²) in [6, 6.07) is 12.4. The number of hydrogen-bond acceptors (Lipinski definition) is 4. The molecule has 21 heavy (non-hydrogen) atoms. The number of rotatable bonds is 1. The van der Waals surface area contributed by atoms with Crippen molar-refractivity contribution in [1.82, 2.24) is 0 Å². The highest BCUT2D eigenvalue weighted by molar-refractivity contribution is 5.45. The molecule has 0 unspecified atom stereocenters. The van der Waals surface area contributed by atoms with Crippen LogP contribution in [0.25, 0.3) is 0 Å². The summed E-state index contributed by atoms with van der Waals surface area (Å²) < 4.78 is 11.8. The van der Waals surface area contributed by atoms with Crippen LogP contribution in [0.4, 0.5) is 0 Å². The molecule has 1 fully saturated rings. The Morgan fingerprint density at radius 3 is 2.48 bits per heavy atom. The average molecular weight is 284 g/mol. The minimum Gasteiger partial charge on any atom is -0.508 e. The van der Waals surface area contributed by atoms with Gasteiger partial charge in [0.2, 0.25) is 0 Å². The molecule has 0 amide bonds. The van der Waals surface area contributed by atoms with Crippen LogP contribution in [0.3, 0.4) is 0 Å². The standard InChI is InChI=1S/C17H16O4/c18-11-3-1-10(2-4-11)17-15-9-20-8-14(15)13-7-12(19)5-6-16(13)21-17/h1-7,14-15,17-19H,8-9H2/t14-,15-,17-/m1/s1. The molecule has 0 radical (unpaired) electrons. The summed E-state index contributed by atoms with van der Waals surface area (Å²) in [5.41, 5.74) is 2.06. The molecule has 0 spiro atoms. The first-order chi connectivity index (χ1) is 10.2. The predicted octanol–water partition coefficient (Wildman–Crippen LogP) is 2.96. The maximum Gasteiger partial charge on any atom is 0.129 e. The van der Waals surface area contributed by atoms with Crippen molar-refractivity contribution in [2.45, 2.75) is 12.0 Å². The summed E-state index contributed by atoms with van der Waals surface area (Å²) in [4.78, 5) is 0. The first-order valence-corrected chi connectivity index (χ1v) is 7.08. The number of fused-ring (bicyclic) bond motifs is 3. The highest BCUT2D eigenvalue weighted by Crippen LogP contribution is 2.49. The summed E-state index contributed by atoms with van der Waals surface area (Å²) in [6.07, 6.45) is -0.0878. The van der Waals surface area contributed by atoms with Crippen LogP contribution in [-0.4, -0.2) is 23.4 Å². The molecule has 2 N–H and O–H groups in total. The van der Waals surface area contributed by atoms with E-state index in [0.29, 0.717) is 13.2 Å². The van der Waals surface area contributed by atoms with Gasteiger partial charge in [-0.25, -0.2) is 0 Å². The van der Waals surface area contributed by atoms with Crippen LogP contribution in [0, 0.1) is 5.92 Å². The quantitative estimate of drug-likeness (QED) is 0.845. The second kappa shape index (κ2) is 4.67. The minimum absolute atomic E-state index is 0.0878. The lowest BCUT2D eigenvalue weighted by Gasteiger charge is -2.35. The third-order valence-corrected chi connectivity index (χ3v) is 4.38. The van der Waals surface area contributed by atoms with Gasteiger partial charge in [-0.2, -0.15) is 0 Å². The van der Waals surface area contributed by atoms with Crippen molar-refractivity contribution in [3.05, 3.63) is 53.6 Å². The molecule has 0 aromatic heterocycles. The topological polar surface area (TPSA) is 58.9 Å². The molecular weight excluding hydrogens is 268 g/mol. The molecule has 2 aromatic rings. The molecule has 2 heterocycles. The van der Waals surface area contributed by atoms with Crippen LogP contribution in [0.1, 0.15) is 23.1 Å². The van der Waals surface area contributed by atoms with Crippen molar-refractivity contribution in [1.29, 1.82) is 0 Å². The van der Waals surface area contributed by atoms with Gasteiger partial charge in [0.1, 0.15) is 23.4 Å². The molecule has 0 saturated carbocycles. The molecule has 2 aromatic carbocycles. The Hall–Kier alpha value is -2.20. The third kappa shape index (κ3) is 2.03. The van der Waals surface area contributed by atoms with Crippen molar-refractivity contribution in [2.75, 3.05) is 13.2 Å². The Labute approximate surface area is 122 Å². The van der Waals surface area contributed by atoms with Gasteiger partial charge in [0.05, 0.1) is 13.2 Å². The molecule has 4 heteroatoms. The molecule has 4 rings (SSSR count). The van der Waals surface area contributed by atoms with Gasteiger partial charge in [0.15, 0.2) is 0 Å². The molecule has 1 saturated heterocycles. The zero-order valence-corrected chi connectivity index (χ0v) is 11.4. The number of aromatic hydroxyl groups is 2. The van der Waals surface area contributed by atoms with Crippen molar-refractivity contribution < 1.29 is 19.7 Å². The Bertz CT molecular complexity index is 665. The lowest BCUT2D eigenvalue weighted by Crippen LogP contribution is -2.29. The summed E-state index contributed by atoms with van der Waals surface area (Å²) in [5.74, 6) is 1.77. The van der Waals surface area contributed by atoms with Gasteiger partial charge in [-0.3, -0.25) is 0 Å². The van der Waals surface area contributed by atoms with Crippen LogP contribution >= 0.6 is 0 Å². The van der Waals surface area contributed by atoms with Gasteiger partial charge >= 0.3 is 0 Å². The van der Waals surface area contributed by atoms with Gasteiger partial charge in [0.25, 0.3) is 0 Å². The van der Waals surface area contributed by atoms with E-state index < -0.39 is 0 Å². The van der Waals surface area contributed by atoms with E-state index in [4.69, 9.17) is 9.47 Å². The lowest BCUT2D eigenvalue weighted by atomic mass is 9.80. The van der Waals surface area contributed by atoms with E-state index >= 15 is 0 Å². The maximum atomic E-state index is 9.70. The van der Waals surface area contributed by atoms with E-state index in [1.165, 1.54) is 0 Å². The second-order valence-electron chi connectivity index (χ2n) is 5.66. The predicted molar refractivity (Wildman–Crippen MR) is 76.6 cm³/mol. The molecule has 0 aliphatic carbocycles. The van der Waals surface area contributed by atoms with Crippen molar-refractivity contribution in [2.24, 2.45) is 5.92 Å². The van der Waals surface area contributed by atoms with Crippen LogP contribution in [0.2, 0.25) is 0 Å². The zero-order valence-electron chi connectivity index (χ0n) is 11.4. The van der Waals surface area contributed by atoms with E-state index in [1.54, 1.807) is 24.3 Å². The Balaban J connectivity index is 1.77. The van der Waals surface area contributed by atoms with Crippen LogP contribution in [0.15, 0.2) is 42.5 Å². The molecular formula is C17H16O4. The number of benzene rings is 2. The average Bonchev–Trinajstić information content (AvgIpc) is 2.97. The largest absolute Gasteiger partial charge is 0.508 e. The van der Waals surface area contributed by atoms with Gasteiger partial charge in [-0.15, -0.1) is 0 Å². The van der Waals surface area contributed by atoms with E-state index in [1.807, 2.05) is 18.2 Å². The number of hydrogen-bond donors (Lipinski definition) is 2. The van der Waals surface area contributed by atoms with Crippen LogP contribution in [-0.2, 0) is 4.74 Å². The van der Waals surface area contributed by atoms with Crippen molar-refractivity contribution in [3.8, 4) is 17.2 Å². The van der Waals surface area contributed by atoms with Crippen molar-refractivity contribution >= 4 is 0 Å². The van der Waals surface area contributed by atoms with E-state index in [0.717, 1.165) is 16.9 Å². The second-order valence-corrected chi connectivity index (χ2v) is 5.66. The minimum atomic E-state index is -0.0878. The smallest absolute Gasteiger partial charge is 0.129 e. The molecule has 2 aliphatic rings. The highest BCUT2D eigenvalue weighted by atomic mass is 16.5. The summed E-state index contributed by atoms with van der Waals surface area (Å²) in [7, 11) is 0. The fourth-order valence-corrected chi connectivity index (χ4v) is 3.33.